The van der Waals surface area contributed by atoms with Gasteiger partial charge in [0.2, 0.25) is 5.78 Å². The van der Waals surface area contributed by atoms with E-state index >= 15 is 0 Å². The Morgan fingerprint density at radius 1 is 1.04 bits per heavy atom. The first-order valence-electron chi connectivity index (χ1n) is 7.14. The van der Waals surface area contributed by atoms with Gasteiger partial charge in [-0.25, -0.2) is 0 Å². The highest BCUT2D eigenvalue weighted by molar-refractivity contribution is 6.05. The number of benzene rings is 2. The monoisotopic (exact) mass is 348 g/mol. The maximum atomic E-state index is 12.2. The van der Waals surface area contributed by atoms with E-state index in [2.05, 4.69) is 0 Å². The molecule has 0 bridgehead atoms. The molecule has 2 aromatic carbocycles. The van der Waals surface area contributed by atoms with Gasteiger partial charge in [-0.15, -0.1) is 0 Å². The Bertz CT molecular complexity index is 793. The number of hydrogen-bond donors (Lipinski definition) is 5. The van der Waals surface area contributed by atoms with Crippen molar-refractivity contribution >= 4 is 11.8 Å². The summed E-state index contributed by atoms with van der Waals surface area (Å²) in [4.78, 5) is 21.2. The molecule has 5 N–H and O–H groups in total. The highest BCUT2D eigenvalue weighted by Crippen LogP contribution is 2.41. The van der Waals surface area contributed by atoms with Crippen molar-refractivity contribution in [3.05, 3.63) is 47.5 Å². The number of rotatable bonds is 1. The summed E-state index contributed by atoms with van der Waals surface area (Å²) in [6.07, 6.45) is -2.47. The Hall–Kier alpha value is -3.26. The average Bonchev–Trinajstić information content (AvgIpc) is 2.50. The van der Waals surface area contributed by atoms with E-state index in [1.165, 1.54) is 30.3 Å². The zero-order valence-electron chi connectivity index (χ0n) is 13.1. The molecule has 25 heavy (non-hydrogen) atoms. The van der Waals surface area contributed by atoms with Gasteiger partial charge in [0.25, 0.3) is 5.97 Å². The number of Topliss-reactive ketones (excluding diaryl/α,β-unsaturated/α-hetero) is 1. The topological polar surface area (TPSA) is 145 Å². The van der Waals surface area contributed by atoms with Gasteiger partial charge in [0, 0.05) is 19.1 Å². The van der Waals surface area contributed by atoms with Gasteiger partial charge in [0.05, 0.1) is 0 Å². The number of carboxylic acid groups (broad SMARTS) is 1. The number of carbonyl (C=O) groups is 2. The lowest BCUT2D eigenvalue weighted by Crippen LogP contribution is -2.36. The molecule has 0 amide bonds. The van der Waals surface area contributed by atoms with Crippen LogP contribution < -0.4 is 4.74 Å². The second-order valence-electron chi connectivity index (χ2n) is 5.30. The Balaban J connectivity index is 0.000000511. The van der Waals surface area contributed by atoms with Crippen molar-refractivity contribution in [1.29, 1.82) is 0 Å². The van der Waals surface area contributed by atoms with Crippen LogP contribution in [0.25, 0.3) is 0 Å². The predicted molar refractivity (Wildman–Crippen MR) is 84.9 cm³/mol. The van der Waals surface area contributed by atoms with Gasteiger partial charge in [-0.05, 0) is 17.7 Å². The molecule has 132 valence electrons. The number of hydrogen-bond acceptors (Lipinski definition) is 7. The lowest BCUT2D eigenvalue weighted by atomic mass is 9.93. The molecule has 8 heteroatoms. The van der Waals surface area contributed by atoms with E-state index in [4.69, 9.17) is 14.6 Å². The molecular weight excluding hydrogens is 332 g/mol. The number of aromatic hydroxyl groups is 3. The number of aliphatic hydroxyl groups excluding tert-OH is 1. The normalized spacial score (nSPS) is 18.4. The maximum Gasteiger partial charge on any atom is 0.300 e. The molecule has 0 aromatic heterocycles. The number of ketones is 1. The lowest BCUT2D eigenvalue weighted by molar-refractivity contribution is -0.134. The van der Waals surface area contributed by atoms with Crippen molar-refractivity contribution in [2.45, 2.75) is 19.1 Å². The summed E-state index contributed by atoms with van der Waals surface area (Å²) in [6.45, 7) is 1.08. The van der Waals surface area contributed by atoms with Crippen LogP contribution in [-0.2, 0) is 4.79 Å². The van der Waals surface area contributed by atoms with E-state index in [0.717, 1.165) is 13.0 Å². The Labute approximate surface area is 142 Å². The van der Waals surface area contributed by atoms with Crippen molar-refractivity contribution in [2.24, 2.45) is 0 Å². The zero-order valence-corrected chi connectivity index (χ0v) is 13.1. The molecule has 1 heterocycles. The smallest absolute Gasteiger partial charge is 0.300 e. The second kappa shape index (κ2) is 7.10. The first kappa shape index (κ1) is 18.1. The number of phenols is 3. The average molecular weight is 348 g/mol. The van der Waals surface area contributed by atoms with Crippen LogP contribution >= 0.6 is 0 Å². The molecule has 0 saturated carbocycles. The molecule has 0 aliphatic carbocycles. The van der Waals surface area contributed by atoms with Gasteiger partial charge in [-0.2, -0.15) is 0 Å². The van der Waals surface area contributed by atoms with Crippen LogP contribution in [-0.4, -0.2) is 43.4 Å². The largest absolute Gasteiger partial charge is 0.508 e. The standard InChI is InChI=1S/C15H12O6.C2H4O2/c16-8-3-1-7(2-4-8)15-14(20)13(19)12-10(18)5-9(17)6-11(12)21-15;1-2(3)4/h1-6,14-18,20H;1H3,(H,3,4)/t14-,15+;/m0./s1. The van der Waals surface area contributed by atoms with Crippen LogP contribution in [0.2, 0.25) is 0 Å². The quantitative estimate of drug-likeness (QED) is 0.522. The van der Waals surface area contributed by atoms with Gasteiger partial charge in [0.1, 0.15) is 28.6 Å². The first-order chi connectivity index (χ1) is 11.7. The molecule has 3 rings (SSSR count). The molecule has 1 aliphatic rings. The number of phenolic OH excluding ortho intramolecular Hbond substituents is 3. The second-order valence-corrected chi connectivity index (χ2v) is 5.30. The number of aliphatic carboxylic acids is 1. The maximum absolute atomic E-state index is 12.2. The highest BCUT2D eigenvalue weighted by Gasteiger charge is 2.39. The molecule has 1 aliphatic heterocycles. The van der Waals surface area contributed by atoms with Crippen molar-refractivity contribution in [3.63, 3.8) is 0 Å². The molecule has 2 atom stereocenters. The third-order valence-corrected chi connectivity index (χ3v) is 3.34. The van der Waals surface area contributed by atoms with Gasteiger partial charge in [0.15, 0.2) is 12.2 Å². The summed E-state index contributed by atoms with van der Waals surface area (Å²) in [5.74, 6) is -2.17. The Kier molecular flexibility index (Phi) is 5.14. The number of aliphatic hydroxyl groups is 1. The van der Waals surface area contributed by atoms with E-state index in [0.29, 0.717) is 5.56 Å². The number of carboxylic acids is 1. The summed E-state index contributed by atoms with van der Waals surface area (Å²) in [6, 6.07) is 8.06. The molecule has 0 fully saturated rings. The van der Waals surface area contributed by atoms with Gasteiger partial charge >= 0.3 is 0 Å². The Morgan fingerprint density at radius 3 is 2.16 bits per heavy atom. The minimum Gasteiger partial charge on any atom is -0.508 e. The molecular formula is C17H16O8. The van der Waals surface area contributed by atoms with Crippen LogP contribution in [0.1, 0.15) is 28.9 Å². The van der Waals surface area contributed by atoms with Crippen molar-refractivity contribution < 1.29 is 39.9 Å². The van der Waals surface area contributed by atoms with Crippen molar-refractivity contribution in [2.75, 3.05) is 0 Å². The fourth-order valence-corrected chi connectivity index (χ4v) is 2.33. The summed E-state index contributed by atoms with van der Waals surface area (Å²) >= 11 is 0. The molecule has 0 unspecified atom stereocenters. The van der Waals surface area contributed by atoms with Crippen LogP contribution in [0.4, 0.5) is 0 Å². The summed E-state index contributed by atoms with van der Waals surface area (Å²) in [7, 11) is 0. The summed E-state index contributed by atoms with van der Waals surface area (Å²) in [5.41, 5.74) is 0.331. The fraction of sp³-hybridized carbons (Fsp3) is 0.176. The van der Waals surface area contributed by atoms with Crippen LogP contribution in [0, 0.1) is 0 Å². The number of fused-ring (bicyclic) bond motifs is 1. The minimum absolute atomic E-state index is 0.000810. The molecule has 0 spiro atoms. The van der Waals surface area contributed by atoms with E-state index in [9.17, 15) is 25.2 Å². The van der Waals surface area contributed by atoms with E-state index in [-0.39, 0.29) is 22.8 Å². The molecule has 2 aromatic rings. The molecule has 0 saturated heterocycles. The van der Waals surface area contributed by atoms with E-state index in [1.807, 2.05) is 0 Å². The van der Waals surface area contributed by atoms with Crippen LogP contribution in [0.3, 0.4) is 0 Å². The van der Waals surface area contributed by atoms with Crippen molar-refractivity contribution in [1.82, 2.24) is 0 Å². The summed E-state index contributed by atoms with van der Waals surface area (Å²) < 4.78 is 5.53. The number of carbonyl (C=O) groups excluding carboxylic acids is 1. The minimum atomic E-state index is -1.49. The van der Waals surface area contributed by atoms with Gasteiger partial charge in [-0.1, -0.05) is 12.1 Å². The van der Waals surface area contributed by atoms with E-state index in [1.54, 1.807) is 0 Å². The van der Waals surface area contributed by atoms with E-state index < -0.39 is 29.7 Å². The fourth-order valence-electron chi connectivity index (χ4n) is 2.33. The molecule has 8 nitrogen and oxygen atoms in total. The number of ether oxygens (including phenoxy) is 1. The first-order valence-corrected chi connectivity index (χ1v) is 7.14. The van der Waals surface area contributed by atoms with Gasteiger partial charge in [-0.3, -0.25) is 9.59 Å². The Morgan fingerprint density at radius 2 is 1.60 bits per heavy atom. The lowest BCUT2D eigenvalue weighted by Gasteiger charge is -2.30. The highest BCUT2D eigenvalue weighted by atomic mass is 16.5. The molecule has 0 radical (unpaired) electrons. The van der Waals surface area contributed by atoms with Gasteiger partial charge < -0.3 is 30.3 Å². The zero-order chi connectivity index (χ0) is 18.7. The van der Waals surface area contributed by atoms with Crippen LogP contribution in [0.5, 0.6) is 23.0 Å². The SMILES string of the molecule is CC(=O)O.O=C1c2c(O)cc(O)cc2O[C@H](c2ccc(O)cc2)[C@H]1O. The third kappa shape index (κ3) is 3.99. The predicted octanol–water partition coefficient (Wildman–Crippen LogP) is 1.57. The van der Waals surface area contributed by atoms with Crippen LogP contribution in [0.15, 0.2) is 36.4 Å². The third-order valence-electron chi connectivity index (χ3n) is 3.34. The van der Waals surface area contributed by atoms with Crippen molar-refractivity contribution in [3.8, 4) is 23.0 Å². The summed E-state index contributed by atoms with van der Waals surface area (Å²) in [5, 5.41) is 46.0.